The fourth-order valence-electron chi connectivity index (χ4n) is 2.08. The van der Waals surface area contributed by atoms with Crippen molar-refractivity contribution in [3.05, 3.63) is 53.6 Å². The average molecular weight is 341 g/mol. The molecule has 8 heteroatoms. The Hall–Kier alpha value is -3.55. The van der Waals surface area contributed by atoms with Crippen LogP contribution in [0, 0.1) is 0 Å². The molecule has 3 N–H and O–H groups in total. The smallest absolute Gasteiger partial charge is 0.259 e. The van der Waals surface area contributed by atoms with Crippen molar-refractivity contribution >= 4 is 18.0 Å². The van der Waals surface area contributed by atoms with E-state index in [2.05, 4.69) is 15.8 Å². The molecule has 1 aliphatic rings. The number of amides is 2. The standard InChI is InChI=1S/C17H15N3O5/c21-13-4-1-11(2-5-13)8-19-20-16(22)9-18-17(23)12-3-6-14-15(7-12)25-10-24-14/h1-8,21H,9-10H2,(H,18,23)(H,20,22). The highest BCUT2D eigenvalue weighted by molar-refractivity contribution is 5.97. The van der Waals surface area contributed by atoms with Gasteiger partial charge in [0.1, 0.15) is 5.75 Å². The summed E-state index contributed by atoms with van der Waals surface area (Å²) >= 11 is 0. The van der Waals surface area contributed by atoms with Crippen LogP contribution >= 0.6 is 0 Å². The van der Waals surface area contributed by atoms with E-state index >= 15 is 0 Å². The molecule has 0 bridgehead atoms. The molecule has 0 unspecified atom stereocenters. The quantitative estimate of drug-likeness (QED) is 0.555. The maximum atomic E-state index is 12.0. The van der Waals surface area contributed by atoms with E-state index in [1.54, 1.807) is 30.3 Å². The summed E-state index contributed by atoms with van der Waals surface area (Å²) in [4.78, 5) is 23.7. The van der Waals surface area contributed by atoms with Crippen LogP contribution in [-0.2, 0) is 4.79 Å². The minimum atomic E-state index is -0.468. The van der Waals surface area contributed by atoms with Crippen LogP contribution in [0.5, 0.6) is 17.2 Å². The van der Waals surface area contributed by atoms with Crippen molar-refractivity contribution in [2.45, 2.75) is 0 Å². The number of carbonyl (C=O) groups is 2. The van der Waals surface area contributed by atoms with E-state index in [1.165, 1.54) is 18.3 Å². The first kappa shape index (κ1) is 16.3. The van der Waals surface area contributed by atoms with E-state index < -0.39 is 11.8 Å². The predicted octanol–water partition coefficient (Wildman–Crippen LogP) is 1.00. The zero-order chi connectivity index (χ0) is 17.6. The number of ether oxygens (including phenoxy) is 2. The van der Waals surface area contributed by atoms with Crippen LogP contribution in [0.1, 0.15) is 15.9 Å². The van der Waals surface area contributed by atoms with Crippen LogP contribution in [0.2, 0.25) is 0 Å². The first-order valence-electron chi connectivity index (χ1n) is 7.40. The largest absolute Gasteiger partial charge is 0.508 e. The van der Waals surface area contributed by atoms with Gasteiger partial charge in [0.2, 0.25) is 6.79 Å². The van der Waals surface area contributed by atoms with Crippen LogP contribution < -0.4 is 20.2 Å². The number of phenolic OH excluding ortho intramolecular Hbond substituents is 1. The number of nitrogens with zero attached hydrogens (tertiary/aromatic N) is 1. The maximum absolute atomic E-state index is 12.0. The van der Waals surface area contributed by atoms with Gasteiger partial charge in [0.25, 0.3) is 11.8 Å². The highest BCUT2D eigenvalue weighted by atomic mass is 16.7. The summed E-state index contributed by atoms with van der Waals surface area (Å²) in [6.07, 6.45) is 1.43. The van der Waals surface area contributed by atoms with Gasteiger partial charge in [-0.05, 0) is 48.0 Å². The molecule has 1 aliphatic heterocycles. The first-order chi connectivity index (χ1) is 12.1. The fourth-order valence-corrected chi connectivity index (χ4v) is 2.08. The van der Waals surface area contributed by atoms with Crippen LogP contribution in [0.15, 0.2) is 47.6 Å². The molecule has 128 valence electrons. The number of rotatable bonds is 5. The van der Waals surface area contributed by atoms with Crippen molar-refractivity contribution in [3.63, 3.8) is 0 Å². The van der Waals surface area contributed by atoms with Crippen molar-refractivity contribution in [3.8, 4) is 17.2 Å². The summed E-state index contributed by atoms with van der Waals surface area (Å²) < 4.78 is 10.4. The molecule has 0 atom stereocenters. The van der Waals surface area contributed by atoms with Gasteiger partial charge in [0.15, 0.2) is 11.5 Å². The third-order valence-electron chi connectivity index (χ3n) is 3.34. The lowest BCUT2D eigenvalue weighted by Gasteiger charge is -2.05. The van der Waals surface area contributed by atoms with Gasteiger partial charge in [-0.25, -0.2) is 5.43 Å². The molecule has 0 saturated heterocycles. The van der Waals surface area contributed by atoms with Crippen molar-refractivity contribution in [1.29, 1.82) is 0 Å². The summed E-state index contributed by atoms with van der Waals surface area (Å²) in [5, 5.41) is 15.4. The highest BCUT2D eigenvalue weighted by Crippen LogP contribution is 2.32. The summed E-state index contributed by atoms with van der Waals surface area (Å²) in [6.45, 7) is -0.0952. The monoisotopic (exact) mass is 341 g/mol. The number of aromatic hydroxyl groups is 1. The van der Waals surface area contributed by atoms with Gasteiger partial charge in [0.05, 0.1) is 12.8 Å². The van der Waals surface area contributed by atoms with Gasteiger partial charge in [-0.2, -0.15) is 5.10 Å². The molecule has 25 heavy (non-hydrogen) atoms. The Labute approximate surface area is 143 Å². The van der Waals surface area contributed by atoms with Crippen LogP contribution in [0.4, 0.5) is 0 Å². The first-order valence-corrected chi connectivity index (χ1v) is 7.40. The lowest BCUT2D eigenvalue weighted by molar-refractivity contribution is -0.120. The van der Waals surface area contributed by atoms with Gasteiger partial charge >= 0.3 is 0 Å². The van der Waals surface area contributed by atoms with Crippen molar-refractivity contribution in [2.24, 2.45) is 5.10 Å². The lowest BCUT2D eigenvalue weighted by Crippen LogP contribution is -2.34. The van der Waals surface area contributed by atoms with Crippen molar-refractivity contribution in [2.75, 3.05) is 13.3 Å². The molecule has 0 aromatic heterocycles. The van der Waals surface area contributed by atoms with Gasteiger partial charge in [0, 0.05) is 5.56 Å². The summed E-state index contributed by atoms with van der Waals surface area (Å²) in [6, 6.07) is 11.1. The molecular formula is C17H15N3O5. The lowest BCUT2D eigenvalue weighted by atomic mass is 10.2. The molecule has 2 amide bonds. The van der Waals surface area contributed by atoms with Gasteiger partial charge in [-0.3, -0.25) is 9.59 Å². The molecule has 0 spiro atoms. The van der Waals surface area contributed by atoms with E-state index in [0.717, 1.165) is 0 Å². The second-order valence-electron chi connectivity index (χ2n) is 5.14. The third kappa shape index (κ3) is 4.25. The Bertz CT molecular complexity index is 818. The van der Waals surface area contributed by atoms with Gasteiger partial charge in [-0.15, -0.1) is 0 Å². The molecule has 0 radical (unpaired) electrons. The minimum Gasteiger partial charge on any atom is -0.508 e. The number of hydrazone groups is 1. The number of carbonyl (C=O) groups excluding carboxylic acids is 2. The normalized spacial score (nSPS) is 12.2. The molecule has 3 rings (SSSR count). The number of fused-ring (bicyclic) bond motifs is 1. The molecule has 0 fully saturated rings. The number of phenols is 1. The Morgan fingerprint density at radius 2 is 1.88 bits per heavy atom. The third-order valence-corrected chi connectivity index (χ3v) is 3.34. The number of benzene rings is 2. The Kier molecular flexibility index (Phi) is 4.79. The number of hydrogen-bond acceptors (Lipinski definition) is 6. The second kappa shape index (κ2) is 7.35. The van der Waals surface area contributed by atoms with Crippen LogP contribution in [0.3, 0.4) is 0 Å². The topological polar surface area (TPSA) is 109 Å². The number of hydrogen-bond donors (Lipinski definition) is 3. The van der Waals surface area contributed by atoms with E-state index in [-0.39, 0.29) is 19.1 Å². The molecular weight excluding hydrogens is 326 g/mol. The van der Waals surface area contributed by atoms with E-state index in [1.807, 2.05) is 0 Å². The van der Waals surface area contributed by atoms with Crippen molar-refractivity contribution in [1.82, 2.24) is 10.7 Å². The van der Waals surface area contributed by atoms with E-state index in [4.69, 9.17) is 14.6 Å². The Morgan fingerprint density at radius 1 is 1.12 bits per heavy atom. The Balaban J connectivity index is 1.47. The molecule has 2 aromatic carbocycles. The van der Waals surface area contributed by atoms with E-state index in [0.29, 0.717) is 22.6 Å². The summed E-state index contributed by atoms with van der Waals surface area (Å²) in [7, 11) is 0. The summed E-state index contributed by atoms with van der Waals surface area (Å²) in [5.41, 5.74) is 3.38. The van der Waals surface area contributed by atoms with Gasteiger partial charge < -0.3 is 19.9 Å². The maximum Gasteiger partial charge on any atom is 0.259 e. The number of nitrogens with one attached hydrogen (secondary N) is 2. The zero-order valence-electron chi connectivity index (χ0n) is 13.1. The molecule has 0 saturated carbocycles. The molecule has 8 nitrogen and oxygen atoms in total. The predicted molar refractivity (Wildman–Crippen MR) is 88.7 cm³/mol. The minimum absolute atomic E-state index is 0.127. The summed E-state index contributed by atoms with van der Waals surface area (Å²) in [5.74, 6) is 0.348. The second-order valence-corrected chi connectivity index (χ2v) is 5.14. The highest BCUT2D eigenvalue weighted by Gasteiger charge is 2.16. The molecule has 0 aliphatic carbocycles. The van der Waals surface area contributed by atoms with Crippen LogP contribution in [0.25, 0.3) is 0 Å². The molecule has 2 aromatic rings. The van der Waals surface area contributed by atoms with E-state index in [9.17, 15) is 9.59 Å². The average Bonchev–Trinajstić information content (AvgIpc) is 3.09. The zero-order valence-corrected chi connectivity index (χ0v) is 13.1. The Morgan fingerprint density at radius 3 is 2.68 bits per heavy atom. The van der Waals surface area contributed by atoms with Gasteiger partial charge in [-0.1, -0.05) is 0 Å². The fraction of sp³-hybridized carbons (Fsp3) is 0.118. The SMILES string of the molecule is O=C(CNC(=O)c1ccc2c(c1)OCO2)NN=Cc1ccc(O)cc1. The molecule has 1 heterocycles. The van der Waals surface area contributed by atoms with Crippen molar-refractivity contribution < 1.29 is 24.2 Å². The van der Waals surface area contributed by atoms with Crippen LogP contribution in [-0.4, -0.2) is 36.5 Å².